The normalized spacial score (nSPS) is 16.4. The maximum absolute atomic E-state index is 9.69. The number of nitriles is 1. The minimum atomic E-state index is 0.0426. The molecule has 0 unspecified atom stereocenters. The van der Waals surface area contributed by atoms with Crippen molar-refractivity contribution >= 4 is 11.6 Å². The first-order valence-corrected chi connectivity index (χ1v) is 12.3. The van der Waals surface area contributed by atoms with Crippen LogP contribution >= 0.6 is 0 Å². The first-order chi connectivity index (χ1) is 18.2. The van der Waals surface area contributed by atoms with Crippen molar-refractivity contribution in [1.29, 1.82) is 5.26 Å². The molecule has 2 aromatic carbocycles. The van der Waals surface area contributed by atoms with E-state index in [0.29, 0.717) is 66.4 Å². The van der Waals surface area contributed by atoms with E-state index in [1.807, 2.05) is 24.3 Å². The van der Waals surface area contributed by atoms with E-state index in [2.05, 4.69) is 32.3 Å². The first kappa shape index (κ1) is 24.5. The van der Waals surface area contributed by atoms with Crippen molar-refractivity contribution in [2.75, 3.05) is 31.7 Å². The molecule has 1 N–H and O–H groups in total. The molecule has 0 saturated carbocycles. The van der Waals surface area contributed by atoms with E-state index in [0.717, 1.165) is 31.4 Å². The highest BCUT2D eigenvalue weighted by atomic mass is 16.5. The van der Waals surface area contributed by atoms with Crippen LogP contribution in [0.5, 0.6) is 11.5 Å². The number of anilines is 2. The molecule has 2 aliphatic rings. The van der Waals surface area contributed by atoms with E-state index in [1.54, 1.807) is 12.1 Å². The van der Waals surface area contributed by atoms with Gasteiger partial charge in [-0.25, -0.2) is 9.97 Å². The van der Waals surface area contributed by atoms with E-state index in [-0.39, 0.29) is 12.2 Å². The van der Waals surface area contributed by atoms with Crippen molar-refractivity contribution in [2.45, 2.75) is 37.9 Å². The number of hydrogen-bond donors (Lipinski definition) is 1. The van der Waals surface area contributed by atoms with Gasteiger partial charge in [0.15, 0.2) is 5.82 Å². The number of hydrogen-bond acceptors (Lipinski definition) is 9. The molecule has 9 heteroatoms. The van der Waals surface area contributed by atoms with Crippen molar-refractivity contribution in [3.8, 4) is 41.3 Å². The topological polar surface area (TPSA) is 111 Å². The van der Waals surface area contributed by atoms with Crippen LogP contribution in [0.25, 0.3) is 11.4 Å². The van der Waals surface area contributed by atoms with Crippen LogP contribution in [0.4, 0.5) is 11.6 Å². The zero-order valence-electron chi connectivity index (χ0n) is 20.4. The molecule has 2 aliphatic heterocycles. The van der Waals surface area contributed by atoms with Gasteiger partial charge in [-0.3, -0.25) is 0 Å². The average molecular weight is 498 g/mol. The summed E-state index contributed by atoms with van der Waals surface area (Å²) in [4.78, 5) is 13.1. The standard InChI is InChI=1S/C28H27N5O4/c1-2-19-16-22(4-6-25(19)36-23-7-11-34-12-8-23)32-28-31-18-30-27(33-28)20-3-5-26(21(15-20)17-29)37-24-9-13-35-14-10-24/h1,3-6,15-16,18,23-24H,7-14H2,(H,30,31,32,33). The Kier molecular flexibility index (Phi) is 7.75. The Labute approximate surface area is 215 Å². The summed E-state index contributed by atoms with van der Waals surface area (Å²) in [5.74, 6) is 4.71. The molecule has 0 bridgehead atoms. The number of nitrogens with zero attached hydrogens (tertiary/aromatic N) is 4. The van der Waals surface area contributed by atoms with Crippen molar-refractivity contribution in [3.05, 3.63) is 53.9 Å². The maximum atomic E-state index is 9.69. The van der Waals surface area contributed by atoms with E-state index >= 15 is 0 Å². The fourth-order valence-corrected chi connectivity index (χ4v) is 4.25. The summed E-state index contributed by atoms with van der Waals surface area (Å²) in [5, 5.41) is 12.9. The van der Waals surface area contributed by atoms with Gasteiger partial charge in [0.25, 0.3) is 0 Å². The lowest BCUT2D eigenvalue weighted by Crippen LogP contribution is -2.26. The van der Waals surface area contributed by atoms with Gasteiger partial charge >= 0.3 is 0 Å². The molecule has 3 aromatic rings. The number of rotatable bonds is 7. The molecule has 1 aromatic heterocycles. The fraction of sp³-hybridized carbons (Fsp3) is 0.357. The lowest BCUT2D eigenvalue weighted by molar-refractivity contribution is 0.0252. The van der Waals surface area contributed by atoms with Crippen LogP contribution in [0.2, 0.25) is 0 Å². The molecule has 9 nitrogen and oxygen atoms in total. The molecular weight excluding hydrogens is 470 g/mol. The van der Waals surface area contributed by atoms with Crippen LogP contribution in [0.3, 0.4) is 0 Å². The van der Waals surface area contributed by atoms with Gasteiger partial charge in [0.05, 0.1) is 37.6 Å². The Morgan fingerprint density at radius 2 is 1.51 bits per heavy atom. The molecule has 2 fully saturated rings. The zero-order chi connectivity index (χ0) is 25.5. The van der Waals surface area contributed by atoms with Crippen molar-refractivity contribution < 1.29 is 18.9 Å². The number of nitrogens with one attached hydrogen (secondary N) is 1. The van der Waals surface area contributed by atoms with Crippen LogP contribution in [-0.2, 0) is 9.47 Å². The third kappa shape index (κ3) is 6.15. The highest BCUT2D eigenvalue weighted by Gasteiger charge is 2.19. The summed E-state index contributed by atoms with van der Waals surface area (Å²) in [6, 6.07) is 13.1. The molecule has 37 heavy (non-hydrogen) atoms. The molecule has 5 rings (SSSR count). The Morgan fingerprint density at radius 1 is 0.865 bits per heavy atom. The van der Waals surface area contributed by atoms with Gasteiger partial charge in [-0.2, -0.15) is 10.2 Å². The van der Waals surface area contributed by atoms with E-state index in [1.165, 1.54) is 6.33 Å². The molecule has 0 spiro atoms. The van der Waals surface area contributed by atoms with E-state index in [9.17, 15) is 5.26 Å². The van der Waals surface area contributed by atoms with Gasteiger partial charge in [0.1, 0.15) is 36.1 Å². The maximum Gasteiger partial charge on any atom is 0.230 e. The second-order valence-corrected chi connectivity index (χ2v) is 8.79. The van der Waals surface area contributed by atoms with Gasteiger partial charge in [-0.05, 0) is 36.4 Å². The van der Waals surface area contributed by atoms with Crippen molar-refractivity contribution in [1.82, 2.24) is 15.0 Å². The molecule has 0 atom stereocenters. The monoisotopic (exact) mass is 497 g/mol. The van der Waals surface area contributed by atoms with Crippen LogP contribution < -0.4 is 14.8 Å². The predicted molar refractivity (Wildman–Crippen MR) is 137 cm³/mol. The Hall–Kier alpha value is -4.18. The molecule has 0 amide bonds. The number of ether oxygens (including phenoxy) is 4. The minimum Gasteiger partial charge on any atom is -0.489 e. The quantitative estimate of drug-likeness (QED) is 0.479. The third-order valence-corrected chi connectivity index (χ3v) is 6.25. The first-order valence-electron chi connectivity index (χ1n) is 12.3. The SMILES string of the molecule is C#Cc1cc(Nc2ncnc(-c3ccc(OC4CCOCC4)c(C#N)c3)n2)ccc1OC1CCOCC1. The summed E-state index contributed by atoms with van der Waals surface area (Å²) < 4.78 is 22.9. The molecule has 0 radical (unpaired) electrons. The molecular formula is C28H27N5O4. The van der Waals surface area contributed by atoms with Gasteiger partial charge in [-0.1, -0.05) is 5.92 Å². The zero-order valence-corrected chi connectivity index (χ0v) is 20.4. The smallest absolute Gasteiger partial charge is 0.230 e. The summed E-state index contributed by atoms with van der Waals surface area (Å²) in [7, 11) is 0. The minimum absolute atomic E-state index is 0.0426. The second kappa shape index (κ2) is 11.7. The molecule has 188 valence electrons. The lowest BCUT2D eigenvalue weighted by atomic mass is 10.1. The van der Waals surface area contributed by atoms with Gasteiger partial charge < -0.3 is 24.3 Å². The Morgan fingerprint density at radius 3 is 2.16 bits per heavy atom. The largest absolute Gasteiger partial charge is 0.489 e. The van der Waals surface area contributed by atoms with Crippen LogP contribution in [0, 0.1) is 23.7 Å². The summed E-state index contributed by atoms with van der Waals surface area (Å²) in [6.07, 6.45) is 10.6. The lowest BCUT2D eigenvalue weighted by Gasteiger charge is -2.24. The van der Waals surface area contributed by atoms with Crippen LogP contribution in [0.15, 0.2) is 42.7 Å². The van der Waals surface area contributed by atoms with Gasteiger partial charge in [0, 0.05) is 36.9 Å². The van der Waals surface area contributed by atoms with Gasteiger partial charge in [0.2, 0.25) is 5.95 Å². The van der Waals surface area contributed by atoms with Crippen molar-refractivity contribution in [2.24, 2.45) is 0 Å². The highest BCUT2D eigenvalue weighted by molar-refractivity contribution is 5.64. The van der Waals surface area contributed by atoms with E-state index in [4.69, 9.17) is 25.4 Å². The number of benzene rings is 2. The average Bonchev–Trinajstić information content (AvgIpc) is 2.95. The predicted octanol–water partition coefficient (Wildman–Crippen LogP) is 4.25. The summed E-state index contributed by atoms with van der Waals surface area (Å²) in [6.45, 7) is 2.72. The molecule has 3 heterocycles. The second-order valence-electron chi connectivity index (χ2n) is 8.79. The molecule has 2 saturated heterocycles. The third-order valence-electron chi connectivity index (χ3n) is 6.25. The highest BCUT2D eigenvalue weighted by Crippen LogP contribution is 2.29. The summed E-state index contributed by atoms with van der Waals surface area (Å²) >= 11 is 0. The molecule has 0 aliphatic carbocycles. The Balaban J connectivity index is 1.30. The number of terminal acetylenes is 1. The van der Waals surface area contributed by atoms with Crippen molar-refractivity contribution in [3.63, 3.8) is 0 Å². The summed E-state index contributed by atoms with van der Waals surface area (Å²) in [5.41, 5.74) is 2.48. The van der Waals surface area contributed by atoms with E-state index < -0.39 is 0 Å². The van der Waals surface area contributed by atoms with Crippen LogP contribution in [-0.4, -0.2) is 53.6 Å². The van der Waals surface area contributed by atoms with Crippen LogP contribution in [0.1, 0.15) is 36.8 Å². The van der Waals surface area contributed by atoms with Gasteiger partial charge in [-0.15, -0.1) is 6.42 Å². The Bertz CT molecular complexity index is 1320. The number of aromatic nitrogens is 3. The fourth-order valence-electron chi connectivity index (χ4n) is 4.25.